The van der Waals surface area contributed by atoms with Crippen LogP contribution in [0.3, 0.4) is 0 Å². The van der Waals surface area contributed by atoms with E-state index in [1.165, 1.54) is 12.8 Å². The maximum absolute atomic E-state index is 5.51. The molecule has 0 aromatic carbocycles. The summed E-state index contributed by atoms with van der Waals surface area (Å²) in [5.74, 6) is 3.73. The summed E-state index contributed by atoms with van der Waals surface area (Å²) < 4.78 is 16.3. The normalized spacial score (nSPS) is 23.0. The first-order chi connectivity index (χ1) is 12.2. The van der Waals surface area contributed by atoms with Crippen molar-refractivity contribution in [3.05, 3.63) is 23.4 Å². The first-order valence-electron chi connectivity index (χ1n) is 9.23. The molecule has 2 aromatic rings. The molecule has 1 saturated heterocycles. The number of likely N-dealkylation sites (tertiary alicyclic amines) is 1. The van der Waals surface area contributed by atoms with Crippen molar-refractivity contribution < 1.29 is 13.8 Å². The molecule has 136 valence electrons. The molecule has 2 aromatic heterocycles. The average Bonchev–Trinajstić information content (AvgIpc) is 3.16. The number of rotatable bonds is 7. The van der Waals surface area contributed by atoms with Crippen LogP contribution in [0.4, 0.5) is 0 Å². The van der Waals surface area contributed by atoms with E-state index < -0.39 is 0 Å². The van der Waals surface area contributed by atoms with E-state index in [2.05, 4.69) is 25.2 Å². The fraction of sp³-hybridized carbons (Fsp3) is 0.765. The lowest BCUT2D eigenvalue weighted by Crippen LogP contribution is -2.34. The molecule has 3 heterocycles. The van der Waals surface area contributed by atoms with E-state index in [9.17, 15) is 0 Å². The highest BCUT2D eigenvalue weighted by atomic mass is 16.5. The minimum atomic E-state index is -0.142. The topological polar surface area (TPSA) is 90.3 Å². The summed E-state index contributed by atoms with van der Waals surface area (Å²) >= 11 is 0. The molecule has 2 aliphatic rings. The third-order valence-corrected chi connectivity index (χ3v) is 4.88. The Balaban J connectivity index is 1.36. The van der Waals surface area contributed by atoms with Crippen LogP contribution in [0.5, 0.6) is 0 Å². The fourth-order valence-electron chi connectivity index (χ4n) is 3.33. The maximum atomic E-state index is 5.51. The highest BCUT2D eigenvalue weighted by molar-refractivity contribution is 5.05. The van der Waals surface area contributed by atoms with E-state index in [-0.39, 0.29) is 6.10 Å². The Morgan fingerprint density at radius 3 is 2.84 bits per heavy atom. The third kappa shape index (κ3) is 3.90. The van der Waals surface area contributed by atoms with E-state index >= 15 is 0 Å². The minimum Gasteiger partial charge on any atom is -0.371 e. The quantitative estimate of drug-likeness (QED) is 0.755. The Hall–Kier alpha value is -1.80. The van der Waals surface area contributed by atoms with Gasteiger partial charge in [-0.05, 0) is 46.1 Å². The van der Waals surface area contributed by atoms with Gasteiger partial charge in [0.15, 0.2) is 11.6 Å². The van der Waals surface area contributed by atoms with Crippen molar-refractivity contribution in [1.29, 1.82) is 0 Å². The van der Waals surface area contributed by atoms with Crippen LogP contribution in [-0.4, -0.2) is 44.9 Å². The molecule has 8 heteroatoms. The predicted molar refractivity (Wildman–Crippen MR) is 87.9 cm³/mol. The van der Waals surface area contributed by atoms with Gasteiger partial charge in [-0.3, -0.25) is 4.90 Å². The molecule has 4 rings (SSSR count). The van der Waals surface area contributed by atoms with Crippen LogP contribution in [0.1, 0.15) is 80.9 Å². The number of aromatic nitrogens is 4. The fourth-order valence-corrected chi connectivity index (χ4v) is 3.33. The summed E-state index contributed by atoms with van der Waals surface area (Å²) in [5.41, 5.74) is 0. The molecule has 1 saturated carbocycles. The molecular formula is C17H25N5O3. The van der Waals surface area contributed by atoms with Gasteiger partial charge < -0.3 is 13.8 Å². The summed E-state index contributed by atoms with van der Waals surface area (Å²) in [6.07, 6.45) is 4.41. The van der Waals surface area contributed by atoms with E-state index in [1.54, 1.807) is 0 Å². The van der Waals surface area contributed by atoms with Crippen molar-refractivity contribution in [3.63, 3.8) is 0 Å². The molecular weight excluding hydrogens is 322 g/mol. The van der Waals surface area contributed by atoms with Crippen LogP contribution >= 0.6 is 0 Å². The minimum absolute atomic E-state index is 0.142. The van der Waals surface area contributed by atoms with E-state index in [0.29, 0.717) is 36.7 Å². The van der Waals surface area contributed by atoms with Crippen molar-refractivity contribution in [3.8, 4) is 0 Å². The lowest BCUT2D eigenvalue weighted by Gasteiger charge is -2.29. The number of nitrogens with zero attached hydrogens (tertiary/aromatic N) is 5. The first-order valence-corrected chi connectivity index (χ1v) is 9.23. The zero-order chi connectivity index (χ0) is 17.2. The van der Waals surface area contributed by atoms with Crippen LogP contribution in [0.25, 0.3) is 0 Å². The molecule has 0 unspecified atom stereocenters. The summed E-state index contributed by atoms with van der Waals surface area (Å²) in [4.78, 5) is 11.4. The largest absolute Gasteiger partial charge is 0.371 e. The number of hydrogen-bond acceptors (Lipinski definition) is 8. The second-order valence-electron chi connectivity index (χ2n) is 6.98. The second kappa shape index (κ2) is 7.21. The number of hydrogen-bond donors (Lipinski definition) is 0. The lowest BCUT2D eigenvalue weighted by molar-refractivity contribution is 0.0683. The van der Waals surface area contributed by atoms with Gasteiger partial charge in [-0.15, -0.1) is 0 Å². The van der Waals surface area contributed by atoms with Crippen LogP contribution in [-0.2, 0) is 11.3 Å². The first kappa shape index (κ1) is 16.7. The van der Waals surface area contributed by atoms with Crippen molar-refractivity contribution >= 4 is 0 Å². The van der Waals surface area contributed by atoms with E-state index in [1.807, 2.05) is 13.8 Å². The van der Waals surface area contributed by atoms with Gasteiger partial charge in [0.25, 0.3) is 0 Å². The Kier molecular flexibility index (Phi) is 4.80. The molecule has 0 radical (unpaired) electrons. The maximum Gasteiger partial charge on any atom is 0.240 e. The van der Waals surface area contributed by atoms with Gasteiger partial charge >= 0.3 is 0 Å². The highest BCUT2D eigenvalue weighted by Crippen LogP contribution is 2.39. The molecule has 0 N–H and O–H groups in total. The Morgan fingerprint density at radius 2 is 2.04 bits per heavy atom. The molecule has 1 aliphatic heterocycles. The summed E-state index contributed by atoms with van der Waals surface area (Å²) in [7, 11) is 0. The number of ether oxygens (including phenoxy) is 1. The molecule has 0 amide bonds. The summed E-state index contributed by atoms with van der Waals surface area (Å²) in [6.45, 7) is 7.08. The number of piperidine rings is 1. The van der Waals surface area contributed by atoms with Crippen molar-refractivity contribution in [2.75, 3.05) is 19.7 Å². The highest BCUT2D eigenvalue weighted by Gasteiger charge is 2.32. The van der Waals surface area contributed by atoms with Crippen molar-refractivity contribution in [2.45, 2.75) is 64.0 Å². The van der Waals surface area contributed by atoms with Crippen molar-refractivity contribution in [1.82, 2.24) is 25.2 Å². The SMILES string of the molecule is CCO[C@@H](C)c1noc(CN2CCC[C@H](c3noc(C4CC4)n3)C2)n1. The molecule has 8 nitrogen and oxygen atoms in total. The van der Waals surface area contributed by atoms with Gasteiger partial charge in [0.05, 0.1) is 6.54 Å². The average molecular weight is 347 g/mol. The Bertz CT molecular complexity index is 696. The molecule has 0 bridgehead atoms. The smallest absolute Gasteiger partial charge is 0.240 e. The third-order valence-electron chi connectivity index (χ3n) is 4.88. The van der Waals surface area contributed by atoms with Crippen LogP contribution in [0.15, 0.2) is 9.05 Å². The summed E-state index contributed by atoms with van der Waals surface area (Å²) in [5, 5.41) is 8.24. The molecule has 2 fully saturated rings. The second-order valence-corrected chi connectivity index (χ2v) is 6.98. The van der Waals surface area contributed by atoms with Crippen LogP contribution in [0, 0.1) is 0 Å². The van der Waals surface area contributed by atoms with Gasteiger partial charge in [0.1, 0.15) is 6.10 Å². The standard InChI is InChI=1S/C17H25N5O3/c1-3-23-11(2)15-18-14(24-20-15)10-22-8-4-5-13(9-22)16-19-17(25-21-16)12-6-7-12/h11-13H,3-10H2,1-2H3/t11-,13-/m0/s1. The predicted octanol–water partition coefficient (Wildman–Crippen LogP) is 2.81. The van der Waals surface area contributed by atoms with Gasteiger partial charge in [-0.25, -0.2) is 0 Å². The van der Waals surface area contributed by atoms with E-state index in [0.717, 1.165) is 37.6 Å². The summed E-state index contributed by atoms with van der Waals surface area (Å²) in [6, 6.07) is 0. The molecule has 1 aliphatic carbocycles. The van der Waals surface area contributed by atoms with Crippen LogP contribution < -0.4 is 0 Å². The molecule has 0 spiro atoms. The Labute approximate surface area is 146 Å². The van der Waals surface area contributed by atoms with Crippen LogP contribution in [0.2, 0.25) is 0 Å². The molecule has 25 heavy (non-hydrogen) atoms. The Morgan fingerprint density at radius 1 is 1.16 bits per heavy atom. The van der Waals surface area contributed by atoms with Gasteiger partial charge in [-0.1, -0.05) is 10.3 Å². The zero-order valence-corrected chi connectivity index (χ0v) is 14.8. The zero-order valence-electron chi connectivity index (χ0n) is 14.8. The van der Waals surface area contributed by atoms with Crippen molar-refractivity contribution in [2.24, 2.45) is 0 Å². The van der Waals surface area contributed by atoms with Gasteiger partial charge in [0.2, 0.25) is 11.8 Å². The monoisotopic (exact) mass is 347 g/mol. The molecule has 2 atom stereocenters. The van der Waals surface area contributed by atoms with Gasteiger partial charge in [0, 0.05) is 25.0 Å². The lowest BCUT2D eigenvalue weighted by atomic mass is 9.97. The van der Waals surface area contributed by atoms with Gasteiger partial charge in [-0.2, -0.15) is 9.97 Å². The van der Waals surface area contributed by atoms with E-state index in [4.69, 9.17) is 13.8 Å².